The summed E-state index contributed by atoms with van der Waals surface area (Å²) in [6, 6.07) is -0.155. The Hall–Kier alpha value is -2.00. The van der Waals surface area contributed by atoms with Crippen molar-refractivity contribution in [2.24, 2.45) is 0 Å². The topological polar surface area (TPSA) is 73.7 Å². The Kier molecular flexibility index (Phi) is 4.67. The van der Waals surface area contributed by atoms with Crippen LogP contribution in [0.15, 0.2) is 24.0 Å². The van der Waals surface area contributed by atoms with Crippen LogP contribution < -0.4 is 5.32 Å². The highest BCUT2D eigenvalue weighted by atomic mass is 32.2. The van der Waals surface area contributed by atoms with Gasteiger partial charge >= 0.3 is 6.03 Å². The van der Waals surface area contributed by atoms with Gasteiger partial charge in [0, 0.05) is 58.2 Å². The first kappa shape index (κ1) is 16.5. The van der Waals surface area contributed by atoms with Crippen molar-refractivity contribution in [1.82, 2.24) is 29.8 Å². The number of rotatable bonds is 3. The number of hydrogen-bond donors (Lipinski definition) is 1. The van der Waals surface area contributed by atoms with Gasteiger partial charge in [0.05, 0.1) is 17.1 Å². The zero-order chi connectivity index (χ0) is 17.2. The van der Waals surface area contributed by atoms with Gasteiger partial charge in [-0.1, -0.05) is 0 Å². The molecule has 0 aliphatic carbocycles. The predicted molar refractivity (Wildman–Crippen MR) is 95.2 cm³/mol. The number of nitrogens with zero attached hydrogens (tertiary/aromatic N) is 5. The SMILES string of the molecule is O=C(c1cnn(C(=O)N2CCN(CC3NC=CS3)CC2)c1)N1CCC1. The summed E-state index contributed by atoms with van der Waals surface area (Å²) in [6.07, 6.45) is 6.07. The molecule has 3 aliphatic rings. The lowest BCUT2D eigenvalue weighted by Crippen LogP contribution is -2.51. The molecular formula is C16H22N6O2S. The van der Waals surface area contributed by atoms with Crippen molar-refractivity contribution in [3.05, 3.63) is 29.6 Å². The van der Waals surface area contributed by atoms with Crippen LogP contribution in [-0.4, -0.2) is 87.6 Å². The third-order valence-corrected chi connectivity index (χ3v) is 5.74. The molecule has 4 heterocycles. The summed E-state index contributed by atoms with van der Waals surface area (Å²) in [6.45, 7) is 5.62. The number of nitrogens with one attached hydrogen (secondary N) is 1. The molecule has 0 aromatic carbocycles. The van der Waals surface area contributed by atoms with E-state index in [9.17, 15) is 9.59 Å². The molecule has 1 atom stereocenters. The lowest BCUT2D eigenvalue weighted by atomic mass is 10.2. The molecule has 9 heteroatoms. The van der Waals surface area contributed by atoms with Crippen LogP contribution in [0, 0.1) is 0 Å². The number of piperazine rings is 1. The first-order chi connectivity index (χ1) is 12.2. The van der Waals surface area contributed by atoms with Crippen LogP contribution >= 0.6 is 11.8 Å². The second-order valence-corrected chi connectivity index (χ2v) is 7.60. The molecule has 2 fully saturated rings. The van der Waals surface area contributed by atoms with E-state index in [0.717, 1.165) is 39.1 Å². The molecule has 4 rings (SSSR count). The van der Waals surface area contributed by atoms with E-state index in [2.05, 4.69) is 20.7 Å². The van der Waals surface area contributed by atoms with Crippen LogP contribution in [0.4, 0.5) is 4.79 Å². The van der Waals surface area contributed by atoms with Gasteiger partial charge in [0.15, 0.2) is 0 Å². The minimum atomic E-state index is -0.155. The van der Waals surface area contributed by atoms with E-state index in [0.29, 0.717) is 24.0 Å². The van der Waals surface area contributed by atoms with Gasteiger partial charge < -0.3 is 15.1 Å². The molecule has 0 radical (unpaired) electrons. The van der Waals surface area contributed by atoms with Gasteiger partial charge in [-0.2, -0.15) is 9.78 Å². The molecule has 8 nitrogen and oxygen atoms in total. The van der Waals surface area contributed by atoms with Crippen LogP contribution in [0.3, 0.4) is 0 Å². The fourth-order valence-electron chi connectivity index (χ4n) is 3.16. The lowest BCUT2D eigenvalue weighted by Gasteiger charge is -2.35. The van der Waals surface area contributed by atoms with Crippen LogP contribution in [-0.2, 0) is 0 Å². The maximum Gasteiger partial charge on any atom is 0.344 e. The molecule has 2 saturated heterocycles. The summed E-state index contributed by atoms with van der Waals surface area (Å²) in [5, 5.41) is 9.88. The minimum absolute atomic E-state index is 0.0368. The van der Waals surface area contributed by atoms with Gasteiger partial charge in [-0.05, 0) is 11.8 Å². The van der Waals surface area contributed by atoms with Crippen molar-refractivity contribution < 1.29 is 9.59 Å². The summed E-state index contributed by atoms with van der Waals surface area (Å²) in [5.74, 6) is -0.0368. The Labute approximate surface area is 150 Å². The smallest absolute Gasteiger partial charge is 0.344 e. The average Bonchev–Trinajstić information content (AvgIpc) is 3.25. The number of carbonyl (C=O) groups excluding carboxylic acids is 2. The number of carbonyl (C=O) groups is 2. The Morgan fingerprint density at radius 3 is 2.60 bits per heavy atom. The van der Waals surface area contributed by atoms with Gasteiger partial charge in [-0.3, -0.25) is 9.69 Å². The van der Waals surface area contributed by atoms with E-state index >= 15 is 0 Å². The molecule has 0 spiro atoms. The van der Waals surface area contributed by atoms with Crippen LogP contribution in [0.1, 0.15) is 16.8 Å². The number of amides is 2. The molecule has 0 saturated carbocycles. The molecule has 3 aliphatic heterocycles. The summed E-state index contributed by atoms with van der Waals surface area (Å²) >= 11 is 1.79. The number of thioether (sulfide) groups is 1. The standard InChI is InChI=1S/C16H22N6O2S/c23-15(20-3-1-4-20)13-10-18-22(11-13)16(24)21-7-5-19(6-8-21)12-14-17-2-9-25-14/h2,9-11,14,17H,1,3-8,12H2. The number of likely N-dealkylation sites (tertiary alicyclic amines) is 1. The summed E-state index contributed by atoms with van der Waals surface area (Å²) in [5.41, 5.74) is 0.489. The monoisotopic (exact) mass is 362 g/mol. The van der Waals surface area contributed by atoms with Crippen LogP contribution in [0.5, 0.6) is 0 Å². The first-order valence-electron chi connectivity index (χ1n) is 8.63. The Bertz CT molecular complexity index is 670. The molecule has 134 valence electrons. The normalized spacial score (nSPS) is 23.4. The number of aromatic nitrogens is 2. The maximum absolute atomic E-state index is 12.6. The summed E-state index contributed by atoms with van der Waals surface area (Å²) < 4.78 is 1.29. The van der Waals surface area contributed by atoms with Gasteiger partial charge in [0.2, 0.25) is 0 Å². The third kappa shape index (κ3) is 3.52. The second-order valence-electron chi connectivity index (χ2n) is 6.48. The van der Waals surface area contributed by atoms with Gasteiger partial charge in [-0.15, -0.1) is 11.8 Å². The molecule has 1 aromatic heterocycles. The fourth-order valence-corrected chi connectivity index (χ4v) is 3.96. The van der Waals surface area contributed by atoms with Crippen molar-refractivity contribution >= 4 is 23.7 Å². The molecule has 1 unspecified atom stereocenters. The first-order valence-corrected chi connectivity index (χ1v) is 9.57. The van der Waals surface area contributed by atoms with Crippen molar-refractivity contribution in [3.63, 3.8) is 0 Å². The highest BCUT2D eigenvalue weighted by Gasteiger charge is 2.27. The van der Waals surface area contributed by atoms with Gasteiger partial charge in [0.1, 0.15) is 0 Å². The molecular weight excluding hydrogens is 340 g/mol. The average molecular weight is 362 g/mol. The van der Waals surface area contributed by atoms with E-state index in [1.165, 1.54) is 10.9 Å². The Morgan fingerprint density at radius 1 is 1.16 bits per heavy atom. The second kappa shape index (κ2) is 7.09. The van der Waals surface area contributed by atoms with E-state index < -0.39 is 0 Å². The van der Waals surface area contributed by atoms with Gasteiger partial charge in [-0.25, -0.2) is 4.79 Å². The number of hydrogen-bond acceptors (Lipinski definition) is 6. The molecule has 2 amide bonds. The summed E-state index contributed by atoms with van der Waals surface area (Å²) in [4.78, 5) is 30.7. The van der Waals surface area contributed by atoms with Crippen LogP contribution in [0.25, 0.3) is 0 Å². The largest absolute Gasteiger partial charge is 0.377 e. The van der Waals surface area contributed by atoms with Crippen molar-refractivity contribution in [3.8, 4) is 0 Å². The van der Waals surface area contributed by atoms with Crippen molar-refractivity contribution in [1.29, 1.82) is 0 Å². The maximum atomic E-state index is 12.6. The molecule has 1 aromatic rings. The Morgan fingerprint density at radius 2 is 1.96 bits per heavy atom. The zero-order valence-electron chi connectivity index (χ0n) is 14.0. The summed E-state index contributed by atoms with van der Waals surface area (Å²) in [7, 11) is 0. The van der Waals surface area contributed by atoms with Crippen LogP contribution in [0.2, 0.25) is 0 Å². The third-order valence-electron chi connectivity index (χ3n) is 4.83. The molecule has 0 bridgehead atoms. The molecule has 1 N–H and O–H groups in total. The van der Waals surface area contributed by atoms with Crippen molar-refractivity contribution in [2.45, 2.75) is 11.8 Å². The minimum Gasteiger partial charge on any atom is -0.377 e. The van der Waals surface area contributed by atoms with E-state index in [4.69, 9.17) is 0 Å². The lowest BCUT2D eigenvalue weighted by molar-refractivity contribution is 0.0652. The highest BCUT2D eigenvalue weighted by Crippen LogP contribution is 2.17. The zero-order valence-corrected chi connectivity index (χ0v) is 14.8. The predicted octanol–water partition coefficient (Wildman–Crippen LogP) is 0.448. The van der Waals surface area contributed by atoms with Gasteiger partial charge in [0.25, 0.3) is 5.91 Å². The van der Waals surface area contributed by atoms with Crippen molar-refractivity contribution in [2.75, 3.05) is 45.8 Å². The Balaban J connectivity index is 1.30. The van der Waals surface area contributed by atoms with E-state index in [1.807, 2.05) is 6.20 Å². The fraction of sp³-hybridized carbons (Fsp3) is 0.562. The van der Waals surface area contributed by atoms with E-state index in [-0.39, 0.29) is 11.9 Å². The van der Waals surface area contributed by atoms with E-state index in [1.54, 1.807) is 27.8 Å². The quantitative estimate of drug-likeness (QED) is 0.842. The highest BCUT2D eigenvalue weighted by molar-refractivity contribution is 8.02. The molecule has 25 heavy (non-hydrogen) atoms.